The van der Waals surface area contributed by atoms with Gasteiger partial charge in [0.1, 0.15) is 18.1 Å². The zero-order valence-corrected chi connectivity index (χ0v) is 13.8. The molecule has 0 aliphatic carbocycles. The summed E-state index contributed by atoms with van der Waals surface area (Å²) in [6.45, 7) is 7.40. The Hall–Kier alpha value is -1.62. The average molecular weight is 314 g/mol. The van der Waals surface area contributed by atoms with Gasteiger partial charge in [0.25, 0.3) is 0 Å². The summed E-state index contributed by atoms with van der Waals surface area (Å²) in [7, 11) is 0. The third-order valence-corrected chi connectivity index (χ3v) is 4.55. The summed E-state index contributed by atoms with van der Waals surface area (Å²) in [6.07, 6.45) is 1.17. The van der Waals surface area contributed by atoms with Crippen LogP contribution in [0.4, 0.5) is 0 Å². The number of furan rings is 1. The molecule has 1 aliphatic heterocycles. The van der Waals surface area contributed by atoms with E-state index in [2.05, 4.69) is 47.1 Å². The third kappa shape index (κ3) is 4.44. The van der Waals surface area contributed by atoms with Gasteiger partial charge in [-0.05, 0) is 37.6 Å². The van der Waals surface area contributed by atoms with Gasteiger partial charge < -0.3 is 9.52 Å². The summed E-state index contributed by atoms with van der Waals surface area (Å²) in [5.41, 5.74) is 1.38. The average Bonchev–Trinajstić information content (AvgIpc) is 2.95. The molecule has 1 atom stereocenters. The van der Waals surface area contributed by atoms with E-state index in [9.17, 15) is 0 Å². The quantitative estimate of drug-likeness (QED) is 0.921. The van der Waals surface area contributed by atoms with Crippen LogP contribution in [0.2, 0.25) is 0 Å². The van der Waals surface area contributed by atoms with Crippen molar-refractivity contribution in [2.24, 2.45) is 0 Å². The first-order chi connectivity index (χ1) is 11.2. The van der Waals surface area contributed by atoms with Crippen LogP contribution in [0.3, 0.4) is 0 Å². The van der Waals surface area contributed by atoms with Crippen molar-refractivity contribution in [3.05, 3.63) is 59.5 Å². The molecule has 0 radical (unpaired) electrons. The van der Waals surface area contributed by atoms with E-state index in [1.165, 1.54) is 12.0 Å². The minimum atomic E-state index is -0.0274. The Morgan fingerprint density at radius 2 is 1.83 bits per heavy atom. The highest BCUT2D eigenvalue weighted by Gasteiger charge is 2.22. The van der Waals surface area contributed by atoms with Gasteiger partial charge in [-0.25, -0.2) is 0 Å². The molecule has 0 unspecified atom stereocenters. The standard InChI is InChI=1S/C19H26N2O2/c1-16-12-20(13-17-6-3-2-4-7-17)10-5-11-21(16)14-18-8-9-19(15-22)23-18/h2-4,6-9,16,22H,5,10-15H2,1H3/t16-/m0/s1. The monoisotopic (exact) mass is 314 g/mol. The second-order valence-corrected chi connectivity index (χ2v) is 6.42. The molecule has 2 heterocycles. The molecule has 1 fully saturated rings. The van der Waals surface area contributed by atoms with Gasteiger partial charge in [-0.3, -0.25) is 9.80 Å². The number of nitrogens with zero attached hydrogens (tertiary/aromatic N) is 2. The second-order valence-electron chi connectivity index (χ2n) is 6.42. The molecule has 1 N–H and O–H groups in total. The lowest BCUT2D eigenvalue weighted by atomic mass is 10.2. The lowest BCUT2D eigenvalue weighted by molar-refractivity contribution is 0.166. The maximum atomic E-state index is 9.11. The first-order valence-corrected chi connectivity index (χ1v) is 8.43. The van der Waals surface area contributed by atoms with Crippen LogP contribution in [0.5, 0.6) is 0 Å². The molecule has 0 bridgehead atoms. The summed E-state index contributed by atoms with van der Waals surface area (Å²) >= 11 is 0. The number of benzene rings is 1. The molecule has 124 valence electrons. The van der Waals surface area contributed by atoms with E-state index in [1.54, 1.807) is 0 Å². The largest absolute Gasteiger partial charge is 0.462 e. The van der Waals surface area contributed by atoms with Crippen LogP contribution >= 0.6 is 0 Å². The van der Waals surface area contributed by atoms with E-state index >= 15 is 0 Å². The normalized spacial score (nSPS) is 20.5. The molecule has 4 heteroatoms. The van der Waals surface area contributed by atoms with Gasteiger partial charge in [-0.2, -0.15) is 0 Å². The Morgan fingerprint density at radius 1 is 1.04 bits per heavy atom. The maximum Gasteiger partial charge on any atom is 0.129 e. The van der Waals surface area contributed by atoms with Crippen molar-refractivity contribution in [2.75, 3.05) is 19.6 Å². The van der Waals surface area contributed by atoms with Crippen molar-refractivity contribution >= 4 is 0 Å². The third-order valence-electron chi connectivity index (χ3n) is 4.55. The minimum absolute atomic E-state index is 0.0274. The van der Waals surface area contributed by atoms with E-state index in [1.807, 2.05) is 12.1 Å². The number of hydrogen-bond acceptors (Lipinski definition) is 4. The molecule has 0 spiro atoms. The SMILES string of the molecule is C[C@H]1CN(Cc2ccccc2)CCCN1Cc1ccc(CO)o1. The Balaban J connectivity index is 1.58. The number of aliphatic hydroxyl groups is 1. The predicted octanol–water partition coefficient (Wildman–Crippen LogP) is 2.87. The Labute approximate surface area is 138 Å². The van der Waals surface area contributed by atoms with Crippen molar-refractivity contribution in [1.29, 1.82) is 0 Å². The Morgan fingerprint density at radius 3 is 2.57 bits per heavy atom. The fraction of sp³-hybridized carbons (Fsp3) is 0.474. The molecule has 1 saturated heterocycles. The molecule has 1 aliphatic rings. The summed E-state index contributed by atoms with van der Waals surface area (Å²) in [5.74, 6) is 1.59. The van der Waals surface area contributed by atoms with Crippen LogP contribution in [-0.4, -0.2) is 40.6 Å². The summed E-state index contributed by atoms with van der Waals surface area (Å²) in [4.78, 5) is 5.02. The number of rotatable bonds is 5. The van der Waals surface area contributed by atoms with Crippen LogP contribution in [0.25, 0.3) is 0 Å². The zero-order chi connectivity index (χ0) is 16.1. The van der Waals surface area contributed by atoms with Crippen LogP contribution in [0.1, 0.15) is 30.4 Å². The molecule has 1 aromatic carbocycles. The van der Waals surface area contributed by atoms with E-state index < -0.39 is 0 Å². The first-order valence-electron chi connectivity index (χ1n) is 8.43. The van der Waals surface area contributed by atoms with Crippen LogP contribution in [0, 0.1) is 0 Å². The minimum Gasteiger partial charge on any atom is -0.462 e. The van der Waals surface area contributed by atoms with Crippen LogP contribution in [0.15, 0.2) is 46.9 Å². The van der Waals surface area contributed by atoms with Crippen LogP contribution < -0.4 is 0 Å². The molecule has 1 aromatic heterocycles. The second kappa shape index (κ2) is 7.77. The van der Waals surface area contributed by atoms with Crippen molar-refractivity contribution in [3.8, 4) is 0 Å². The zero-order valence-electron chi connectivity index (χ0n) is 13.8. The number of aliphatic hydroxyl groups excluding tert-OH is 1. The van der Waals surface area contributed by atoms with E-state index in [-0.39, 0.29) is 6.61 Å². The highest BCUT2D eigenvalue weighted by atomic mass is 16.4. The van der Waals surface area contributed by atoms with Crippen LogP contribution in [-0.2, 0) is 19.7 Å². The molecule has 2 aromatic rings. The molecular formula is C19H26N2O2. The molecular weight excluding hydrogens is 288 g/mol. The highest BCUT2D eigenvalue weighted by Crippen LogP contribution is 2.17. The predicted molar refractivity (Wildman–Crippen MR) is 90.8 cm³/mol. The lowest BCUT2D eigenvalue weighted by Crippen LogP contribution is -2.38. The highest BCUT2D eigenvalue weighted by molar-refractivity contribution is 5.14. The van der Waals surface area contributed by atoms with Crippen molar-refractivity contribution in [1.82, 2.24) is 9.80 Å². The Bertz CT molecular complexity index is 596. The number of hydrogen-bond donors (Lipinski definition) is 1. The summed E-state index contributed by atoms with van der Waals surface area (Å²) < 4.78 is 5.64. The van der Waals surface area contributed by atoms with Gasteiger partial charge in [0, 0.05) is 25.7 Å². The lowest BCUT2D eigenvalue weighted by Gasteiger charge is -2.28. The molecule has 3 rings (SSSR count). The topological polar surface area (TPSA) is 39.9 Å². The van der Waals surface area contributed by atoms with Crippen molar-refractivity contribution in [2.45, 2.75) is 39.1 Å². The van der Waals surface area contributed by atoms with Gasteiger partial charge in [-0.1, -0.05) is 30.3 Å². The summed E-state index contributed by atoms with van der Waals surface area (Å²) in [6, 6.07) is 15.0. The van der Waals surface area contributed by atoms with Gasteiger partial charge in [0.15, 0.2) is 0 Å². The molecule has 0 amide bonds. The van der Waals surface area contributed by atoms with Gasteiger partial charge in [0.05, 0.1) is 6.54 Å². The Kier molecular flexibility index (Phi) is 5.49. The van der Waals surface area contributed by atoms with Gasteiger partial charge in [-0.15, -0.1) is 0 Å². The molecule has 23 heavy (non-hydrogen) atoms. The van der Waals surface area contributed by atoms with E-state index in [0.717, 1.165) is 38.5 Å². The molecule has 0 saturated carbocycles. The van der Waals surface area contributed by atoms with E-state index in [0.29, 0.717) is 11.8 Å². The molecule has 4 nitrogen and oxygen atoms in total. The van der Waals surface area contributed by atoms with Gasteiger partial charge >= 0.3 is 0 Å². The van der Waals surface area contributed by atoms with E-state index in [4.69, 9.17) is 9.52 Å². The summed E-state index contributed by atoms with van der Waals surface area (Å²) in [5, 5.41) is 9.11. The fourth-order valence-electron chi connectivity index (χ4n) is 3.31. The first kappa shape index (κ1) is 16.2. The van der Waals surface area contributed by atoms with Crippen molar-refractivity contribution in [3.63, 3.8) is 0 Å². The van der Waals surface area contributed by atoms with Crippen molar-refractivity contribution < 1.29 is 9.52 Å². The maximum absolute atomic E-state index is 9.11. The van der Waals surface area contributed by atoms with Gasteiger partial charge in [0.2, 0.25) is 0 Å². The smallest absolute Gasteiger partial charge is 0.129 e. The fourth-order valence-corrected chi connectivity index (χ4v) is 3.31.